The van der Waals surface area contributed by atoms with Crippen LogP contribution < -0.4 is 4.73 Å². The molecule has 0 radical (unpaired) electrons. The average molecular weight is 155 g/mol. The first-order chi connectivity index (χ1) is 5.11. The Balaban J connectivity index is 3.05. The van der Waals surface area contributed by atoms with Gasteiger partial charge in [0.15, 0.2) is 6.20 Å². The summed E-state index contributed by atoms with van der Waals surface area (Å²) >= 11 is 0. The molecule has 0 saturated heterocycles. The minimum atomic E-state index is -0.740. The Bertz CT molecular complexity index is 260. The van der Waals surface area contributed by atoms with Crippen LogP contribution in [0.15, 0.2) is 18.3 Å². The number of pyridine rings is 1. The van der Waals surface area contributed by atoms with Gasteiger partial charge in [0.1, 0.15) is 0 Å². The second kappa shape index (κ2) is 2.86. The molecule has 0 aliphatic carbocycles. The van der Waals surface area contributed by atoms with Crippen LogP contribution in [0.4, 0.5) is 4.39 Å². The maximum Gasteiger partial charge on any atom is 0.371 e. The molecule has 0 aliphatic heterocycles. The Hall–Kier alpha value is -1.12. The molecule has 2 nitrogen and oxygen atoms in total. The summed E-state index contributed by atoms with van der Waals surface area (Å²) in [5.74, 6) is -0.484. The van der Waals surface area contributed by atoms with Crippen molar-refractivity contribution in [2.24, 2.45) is 0 Å². The number of hydrogen-bond donors (Lipinski definition) is 0. The number of hydrogen-bond acceptors (Lipinski definition) is 1. The van der Waals surface area contributed by atoms with Crippen molar-refractivity contribution in [3.05, 3.63) is 35.0 Å². The fourth-order valence-corrected chi connectivity index (χ4v) is 0.833. The molecule has 0 saturated carbocycles. The Morgan fingerprint density at radius 2 is 2.18 bits per heavy atom. The molecule has 0 bridgehead atoms. The van der Waals surface area contributed by atoms with Crippen molar-refractivity contribution in [3.8, 4) is 0 Å². The quantitative estimate of drug-likeness (QED) is 0.343. The largest absolute Gasteiger partial charge is 0.617 e. The zero-order valence-corrected chi connectivity index (χ0v) is 6.54. The van der Waals surface area contributed by atoms with Crippen LogP contribution in [0.2, 0.25) is 0 Å². The highest BCUT2D eigenvalue weighted by Crippen LogP contribution is 2.12. The predicted molar refractivity (Wildman–Crippen MR) is 39.4 cm³/mol. The normalized spacial score (nSPS) is 10.5. The summed E-state index contributed by atoms with van der Waals surface area (Å²) < 4.78 is 12.8. The molecule has 0 spiro atoms. The van der Waals surface area contributed by atoms with Gasteiger partial charge in [0.2, 0.25) is 0 Å². The van der Waals surface area contributed by atoms with Gasteiger partial charge in [0, 0.05) is 12.1 Å². The zero-order chi connectivity index (χ0) is 8.43. The standard InChI is InChI=1S/C8H10FNO/c1-6(2)7-3-4-10(11)8(9)5-7/h3-6H,1-2H3. The van der Waals surface area contributed by atoms with E-state index < -0.39 is 5.95 Å². The van der Waals surface area contributed by atoms with Crippen LogP contribution in [0.5, 0.6) is 0 Å². The van der Waals surface area contributed by atoms with Gasteiger partial charge >= 0.3 is 5.95 Å². The summed E-state index contributed by atoms with van der Waals surface area (Å²) in [5, 5.41) is 10.5. The summed E-state index contributed by atoms with van der Waals surface area (Å²) in [5.41, 5.74) is 0.842. The molecule has 0 amide bonds. The summed E-state index contributed by atoms with van der Waals surface area (Å²) in [4.78, 5) is 0. The van der Waals surface area contributed by atoms with E-state index in [-0.39, 0.29) is 10.6 Å². The van der Waals surface area contributed by atoms with Crippen LogP contribution in [-0.2, 0) is 0 Å². The second-order valence-corrected chi connectivity index (χ2v) is 2.76. The van der Waals surface area contributed by atoms with Crippen LogP contribution in [0.3, 0.4) is 0 Å². The molecule has 0 atom stereocenters. The SMILES string of the molecule is CC(C)c1cc[n+]([O-])c(F)c1. The molecule has 1 aromatic heterocycles. The molecule has 1 heterocycles. The first-order valence-corrected chi connectivity index (χ1v) is 3.50. The van der Waals surface area contributed by atoms with Crippen LogP contribution in [0.25, 0.3) is 0 Å². The van der Waals surface area contributed by atoms with Crippen LogP contribution in [0, 0.1) is 11.2 Å². The van der Waals surface area contributed by atoms with Crippen molar-refractivity contribution in [3.63, 3.8) is 0 Å². The molecule has 0 fully saturated rings. The van der Waals surface area contributed by atoms with Crippen molar-refractivity contribution in [1.82, 2.24) is 0 Å². The Morgan fingerprint density at radius 3 is 2.64 bits per heavy atom. The summed E-state index contributed by atoms with van der Waals surface area (Å²) in [6.45, 7) is 3.90. The number of aromatic nitrogens is 1. The van der Waals surface area contributed by atoms with Crippen molar-refractivity contribution in [2.45, 2.75) is 19.8 Å². The van der Waals surface area contributed by atoms with Gasteiger partial charge in [-0.3, -0.25) is 0 Å². The Labute approximate surface area is 64.9 Å². The fourth-order valence-electron chi connectivity index (χ4n) is 0.833. The monoisotopic (exact) mass is 155 g/mol. The number of nitrogens with zero attached hydrogens (tertiary/aromatic N) is 1. The molecule has 0 aliphatic rings. The molecule has 0 unspecified atom stereocenters. The van der Waals surface area contributed by atoms with Gasteiger partial charge in [-0.2, -0.15) is 0 Å². The second-order valence-electron chi connectivity index (χ2n) is 2.76. The van der Waals surface area contributed by atoms with E-state index in [1.807, 2.05) is 13.8 Å². The molecule has 0 aromatic carbocycles. The third-order valence-electron chi connectivity index (χ3n) is 1.57. The topological polar surface area (TPSA) is 26.9 Å². The lowest BCUT2D eigenvalue weighted by Gasteiger charge is -2.03. The highest BCUT2D eigenvalue weighted by Gasteiger charge is 2.06. The van der Waals surface area contributed by atoms with Crippen LogP contribution >= 0.6 is 0 Å². The first-order valence-electron chi connectivity index (χ1n) is 3.50. The maximum absolute atomic E-state index is 12.6. The van der Waals surface area contributed by atoms with Crippen molar-refractivity contribution in [1.29, 1.82) is 0 Å². The van der Waals surface area contributed by atoms with Crippen molar-refractivity contribution in [2.75, 3.05) is 0 Å². The van der Waals surface area contributed by atoms with Gasteiger partial charge in [-0.15, -0.1) is 9.12 Å². The van der Waals surface area contributed by atoms with E-state index >= 15 is 0 Å². The molecule has 1 aromatic rings. The highest BCUT2D eigenvalue weighted by molar-refractivity contribution is 5.12. The van der Waals surface area contributed by atoms with Gasteiger partial charge < -0.3 is 5.21 Å². The van der Waals surface area contributed by atoms with Crippen LogP contribution in [-0.4, -0.2) is 0 Å². The molecule has 3 heteroatoms. The van der Waals surface area contributed by atoms with Gasteiger partial charge in [0.05, 0.1) is 0 Å². The van der Waals surface area contributed by atoms with Gasteiger partial charge in [-0.1, -0.05) is 13.8 Å². The zero-order valence-electron chi connectivity index (χ0n) is 6.54. The average Bonchev–Trinajstić information content (AvgIpc) is 1.94. The molecule has 1 rings (SSSR count). The number of rotatable bonds is 1. The first kappa shape index (κ1) is 7.98. The minimum Gasteiger partial charge on any atom is -0.617 e. The summed E-state index contributed by atoms with van der Waals surface area (Å²) in [7, 11) is 0. The smallest absolute Gasteiger partial charge is 0.371 e. The molecular formula is C8H10FNO. The lowest BCUT2D eigenvalue weighted by molar-refractivity contribution is -0.637. The highest BCUT2D eigenvalue weighted by atomic mass is 19.1. The lowest BCUT2D eigenvalue weighted by atomic mass is 10.1. The van der Waals surface area contributed by atoms with E-state index in [9.17, 15) is 9.60 Å². The molecule has 0 N–H and O–H groups in total. The van der Waals surface area contributed by atoms with Crippen molar-refractivity contribution >= 4 is 0 Å². The van der Waals surface area contributed by atoms with Gasteiger partial charge in [-0.05, 0) is 11.5 Å². The van der Waals surface area contributed by atoms with E-state index in [2.05, 4.69) is 0 Å². The third-order valence-corrected chi connectivity index (χ3v) is 1.57. The van der Waals surface area contributed by atoms with E-state index in [4.69, 9.17) is 0 Å². The van der Waals surface area contributed by atoms with E-state index in [0.717, 1.165) is 5.56 Å². The fraction of sp³-hybridized carbons (Fsp3) is 0.375. The molecule has 60 valence electrons. The molecular weight excluding hydrogens is 145 g/mol. The molecule has 11 heavy (non-hydrogen) atoms. The van der Waals surface area contributed by atoms with Gasteiger partial charge in [0.25, 0.3) is 0 Å². The Kier molecular flexibility index (Phi) is 2.08. The third kappa shape index (κ3) is 1.67. The minimum absolute atomic E-state index is 0.214. The number of halogens is 1. The van der Waals surface area contributed by atoms with Crippen LogP contribution in [0.1, 0.15) is 25.3 Å². The van der Waals surface area contributed by atoms with E-state index in [0.29, 0.717) is 0 Å². The van der Waals surface area contributed by atoms with Gasteiger partial charge in [-0.25, -0.2) is 0 Å². The van der Waals surface area contributed by atoms with Crippen molar-refractivity contribution < 1.29 is 9.12 Å². The summed E-state index contributed by atoms with van der Waals surface area (Å²) in [6, 6.07) is 2.89. The summed E-state index contributed by atoms with van der Waals surface area (Å²) in [6.07, 6.45) is 1.19. The Morgan fingerprint density at radius 1 is 1.55 bits per heavy atom. The van der Waals surface area contributed by atoms with E-state index in [1.54, 1.807) is 6.07 Å². The van der Waals surface area contributed by atoms with E-state index in [1.165, 1.54) is 12.3 Å². The maximum atomic E-state index is 12.6. The predicted octanol–water partition coefficient (Wildman–Crippen LogP) is 1.58. The lowest BCUT2D eigenvalue weighted by Crippen LogP contribution is -2.30.